The van der Waals surface area contributed by atoms with E-state index in [-0.39, 0.29) is 5.97 Å². The monoisotopic (exact) mass is 170 g/mol. The molecular formula is C10H18O2. The summed E-state index contributed by atoms with van der Waals surface area (Å²) >= 11 is 0. The maximum Gasteiger partial charge on any atom is 0.333 e. The first-order chi connectivity index (χ1) is 5.57. The molecular weight excluding hydrogens is 152 g/mol. The van der Waals surface area contributed by atoms with Crippen LogP contribution in [0.5, 0.6) is 0 Å². The van der Waals surface area contributed by atoms with E-state index in [0.29, 0.717) is 18.1 Å². The van der Waals surface area contributed by atoms with Gasteiger partial charge in [0.15, 0.2) is 0 Å². The van der Waals surface area contributed by atoms with Crippen molar-refractivity contribution in [1.82, 2.24) is 0 Å². The highest BCUT2D eigenvalue weighted by Crippen LogP contribution is 2.01. The SMILES string of the molecule is CC/C=C(\C)C(=O)OCC(C)C. The summed E-state index contributed by atoms with van der Waals surface area (Å²) in [7, 11) is 0. The highest BCUT2D eigenvalue weighted by Gasteiger charge is 2.05. The molecule has 0 saturated carbocycles. The van der Waals surface area contributed by atoms with Crippen LogP contribution in [0, 0.1) is 5.92 Å². The molecule has 0 fully saturated rings. The van der Waals surface area contributed by atoms with Gasteiger partial charge in [0.2, 0.25) is 0 Å². The van der Waals surface area contributed by atoms with Crippen molar-refractivity contribution in [3.63, 3.8) is 0 Å². The van der Waals surface area contributed by atoms with E-state index in [1.54, 1.807) is 6.92 Å². The summed E-state index contributed by atoms with van der Waals surface area (Å²) in [6.45, 7) is 8.33. The molecule has 0 aromatic carbocycles. The number of ether oxygens (including phenoxy) is 1. The molecule has 0 N–H and O–H groups in total. The molecule has 0 rings (SSSR count). The fourth-order valence-electron chi connectivity index (χ4n) is 0.746. The molecule has 0 atom stereocenters. The summed E-state index contributed by atoms with van der Waals surface area (Å²) < 4.78 is 5.01. The van der Waals surface area contributed by atoms with Crippen molar-refractivity contribution in [2.45, 2.75) is 34.1 Å². The van der Waals surface area contributed by atoms with Crippen molar-refractivity contribution in [2.75, 3.05) is 6.61 Å². The lowest BCUT2D eigenvalue weighted by molar-refractivity contribution is -0.140. The average molecular weight is 170 g/mol. The van der Waals surface area contributed by atoms with Crippen LogP contribution >= 0.6 is 0 Å². The zero-order valence-corrected chi connectivity index (χ0v) is 8.39. The van der Waals surface area contributed by atoms with Gasteiger partial charge in [-0.15, -0.1) is 0 Å². The van der Waals surface area contributed by atoms with E-state index >= 15 is 0 Å². The highest BCUT2D eigenvalue weighted by atomic mass is 16.5. The van der Waals surface area contributed by atoms with E-state index in [2.05, 4.69) is 0 Å². The summed E-state index contributed by atoms with van der Waals surface area (Å²) in [5.74, 6) is 0.217. The summed E-state index contributed by atoms with van der Waals surface area (Å²) in [6, 6.07) is 0. The van der Waals surface area contributed by atoms with Gasteiger partial charge in [0, 0.05) is 5.57 Å². The van der Waals surface area contributed by atoms with Crippen molar-refractivity contribution in [3.8, 4) is 0 Å². The second-order valence-electron chi connectivity index (χ2n) is 3.29. The van der Waals surface area contributed by atoms with Crippen molar-refractivity contribution in [3.05, 3.63) is 11.6 Å². The fourth-order valence-corrected chi connectivity index (χ4v) is 0.746. The normalized spacial score (nSPS) is 11.9. The summed E-state index contributed by atoms with van der Waals surface area (Å²) in [4.78, 5) is 11.1. The van der Waals surface area contributed by atoms with Crippen LogP contribution in [0.2, 0.25) is 0 Å². The Morgan fingerprint density at radius 2 is 2.08 bits per heavy atom. The van der Waals surface area contributed by atoms with E-state index in [9.17, 15) is 4.79 Å². The van der Waals surface area contributed by atoms with Gasteiger partial charge in [0.1, 0.15) is 0 Å². The number of esters is 1. The predicted molar refractivity (Wildman–Crippen MR) is 49.8 cm³/mol. The van der Waals surface area contributed by atoms with E-state index in [1.807, 2.05) is 26.8 Å². The van der Waals surface area contributed by atoms with Crippen molar-refractivity contribution >= 4 is 5.97 Å². The van der Waals surface area contributed by atoms with Gasteiger partial charge in [-0.25, -0.2) is 4.79 Å². The smallest absolute Gasteiger partial charge is 0.333 e. The molecule has 0 aliphatic carbocycles. The molecule has 0 radical (unpaired) electrons. The first-order valence-corrected chi connectivity index (χ1v) is 4.41. The van der Waals surface area contributed by atoms with Gasteiger partial charge in [-0.3, -0.25) is 0 Å². The molecule has 0 saturated heterocycles. The van der Waals surface area contributed by atoms with Crippen LogP contribution in [0.25, 0.3) is 0 Å². The fraction of sp³-hybridized carbons (Fsp3) is 0.700. The Balaban J connectivity index is 3.80. The molecule has 0 heterocycles. The Morgan fingerprint density at radius 3 is 2.50 bits per heavy atom. The molecule has 0 aromatic heterocycles. The molecule has 70 valence electrons. The summed E-state index contributed by atoms with van der Waals surface area (Å²) in [6.07, 6.45) is 2.76. The zero-order valence-electron chi connectivity index (χ0n) is 8.39. The third-order valence-electron chi connectivity index (χ3n) is 1.38. The third kappa shape index (κ3) is 4.94. The van der Waals surface area contributed by atoms with Crippen molar-refractivity contribution in [2.24, 2.45) is 5.92 Å². The quantitative estimate of drug-likeness (QED) is 0.478. The van der Waals surface area contributed by atoms with E-state index in [0.717, 1.165) is 6.42 Å². The van der Waals surface area contributed by atoms with Gasteiger partial charge in [-0.05, 0) is 19.3 Å². The molecule has 0 aliphatic heterocycles. The first-order valence-electron chi connectivity index (χ1n) is 4.41. The molecule has 0 amide bonds. The van der Waals surface area contributed by atoms with Gasteiger partial charge in [-0.2, -0.15) is 0 Å². The minimum Gasteiger partial charge on any atom is -0.462 e. The largest absolute Gasteiger partial charge is 0.462 e. The number of allylic oxidation sites excluding steroid dienone is 1. The van der Waals surface area contributed by atoms with Crippen molar-refractivity contribution in [1.29, 1.82) is 0 Å². The Kier molecular flexibility index (Phi) is 5.43. The van der Waals surface area contributed by atoms with Crippen LogP contribution in [-0.2, 0) is 9.53 Å². The van der Waals surface area contributed by atoms with E-state index in [4.69, 9.17) is 4.74 Å². The molecule has 0 bridgehead atoms. The standard InChI is InChI=1S/C10H18O2/c1-5-6-9(4)10(11)12-7-8(2)3/h6,8H,5,7H2,1-4H3/b9-6+. The number of hydrogen-bond donors (Lipinski definition) is 0. The minimum atomic E-state index is -0.189. The van der Waals surface area contributed by atoms with Gasteiger partial charge in [0.05, 0.1) is 6.61 Å². The van der Waals surface area contributed by atoms with Crippen LogP contribution < -0.4 is 0 Å². The molecule has 2 nitrogen and oxygen atoms in total. The van der Waals surface area contributed by atoms with Crippen LogP contribution in [-0.4, -0.2) is 12.6 Å². The summed E-state index contributed by atoms with van der Waals surface area (Å²) in [5.41, 5.74) is 0.707. The topological polar surface area (TPSA) is 26.3 Å². The first kappa shape index (κ1) is 11.2. The van der Waals surface area contributed by atoms with Crippen molar-refractivity contribution < 1.29 is 9.53 Å². The lowest BCUT2D eigenvalue weighted by atomic mass is 10.2. The molecule has 0 spiro atoms. The Morgan fingerprint density at radius 1 is 1.50 bits per heavy atom. The molecule has 0 aliphatic rings. The van der Waals surface area contributed by atoms with Crippen LogP contribution in [0.4, 0.5) is 0 Å². The van der Waals surface area contributed by atoms with Crippen LogP contribution in [0.1, 0.15) is 34.1 Å². The average Bonchev–Trinajstić information content (AvgIpc) is 2.00. The number of hydrogen-bond acceptors (Lipinski definition) is 2. The van der Waals surface area contributed by atoms with Crippen LogP contribution in [0.3, 0.4) is 0 Å². The number of rotatable bonds is 4. The molecule has 0 aromatic rings. The zero-order chi connectivity index (χ0) is 9.56. The second-order valence-corrected chi connectivity index (χ2v) is 3.29. The maximum atomic E-state index is 11.1. The second kappa shape index (κ2) is 5.81. The van der Waals surface area contributed by atoms with E-state index < -0.39 is 0 Å². The lowest BCUT2D eigenvalue weighted by Gasteiger charge is -2.06. The van der Waals surface area contributed by atoms with Gasteiger partial charge < -0.3 is 4.74 Å². The predicted octanol–water partition coefficient (Wildman–Crippen LogP) is 2.54. The van der Waals surface area contributed by atoms with E-state index in [1.165, 1.54) is 0 Å². The number of carbonyl (C=O) groups is 1. The number of carbonyl (C=O) groups excluding carboxylic acids is 1. The lowest BCUT2D eigenvalue weighted by Crippen LogP contribution is -2.10. The molecule has 0 unspecified atom stereocenters. The Labute approximate surface area is 74.6 Å². The van der Waals surface area contributed by atoms with Gasteiger partial charge in [0.25, 0.3) is 0 Å². The summed E-state index contributed by atoms with van der Waals surface area (Å²) in [5, 5.41) is 0. The minimum absolute atomic E-state index is 0.189. The highest BCUT2D eigenvalue weighted by molar-refractivity contribution is 5.87. The Hall–Kier alpha value is -0.790. The maximum absolute atomic E-state index is 11.1. The van der Waals surface area contributed by atoms with Gasteiger partial charge in [-0.1, -0.05) is 26.8 Å². The van der Waals surface area contributed by atoms with Gasteiger partial charge >= 0.3 is 5.97 Å². The third-order valence-corrected chi connectivity index (χ3v) is 1.38. The molecule has 12 heavy (non-hydrogen) atoms. The molecule has 2 heteroatoms. The van der Waals surface area contributed by atoms with Crippen LogP contribution in [0.15, 0.2) is 11.6 Å². The Bertz CT molecular complexity index is 169.